The summed E-state index contributed by atoms with van der Waals surface area (Å²) in [6, 6.07) is 27.0. The van der Waals surface area contributed by atoms with Crippen LogP contribution in [0.25, 0.3) is 23.0 Å². The Morgan fingerprint density at radius 1 is 0.829 bits per heavy atom. The second kappa shape index (κ2) is 9.23. The van der Waals surface area contributed by atoms with Crippen LogP contribution in [-0.4, -0.2) is 32.5 Å². The van der Waals surface area contributed by atoms with Crippen molar-refractivity contribution in [2.75, 3.05) is 0 Å². The van der Waals surface area contributed by atoms with Gasteiger partial charge < -0.3 is 0 Å². The molecule has 0 saturated carbocycles. The molecule has 35 heavy (non-hydrogen) atoms. The molecule has 1 saturated heterocycles. The Labute approximate surface area is 202 Å². The highest BCUT2D eigenvalue weighted by Gasteiger charge is 2.39. The highest BCUT2D eigenvalue weighted by molar-refractivity contribution is 6.31. The molecule has 2 heterocycles. The lowest BCUT2D eigenvalue weighted by Gasteiger charge is -2.31. The van der Waals surface area contributed by atoms with Crippen LogP contribution in [0.15, 0.2) is 103 Å². The van der Waals surface area contributed by atoms with Crippen LogP contribution in [0, 0.1) is 0 Å². The third-order valence-electron chi connectivity index (χ3n) is 5.91. The Hall–Kier alpha value is -4.78. The smallest absolute Gasteiger partial charge is 0.273 e. The van der Waals surface area contributed by atoms with Crippen molar-refractivity contribution in [1.29, 1.82) is 0 Å². The van der Waals surface area contributed by atoms with E-state index in [2.05, 4.69) is 5.32 Å². The van der Waals surface area contributed by atoms with Gasteiger partial charge in [0.1, 0.15) is 5.57 Å². The molecule has 0 radical (unpaired) electrons. The fourth-order valence-electron chi connectivity index (χ4n) is 4.09. The Morgan fingerprint density at radius 3 is 2.09 bits per heavy atom. The number of nitrogens with one attached hydrogen (secondary N) is 1. The zero-order chi connectivity index (χ0) is 24.4. The van der Waals surface area contributed by atoms with Crippen LogP contribution >= 0.6 is 0 Å². The molecule has 1 N–H and O–H groups in total. The molecule has 3 aromatic carbocycles. The van der Waals surface area contributed by atoms with Crippen LogP contribution in [0.3, 0.4) is 0 Å². The summed E-state index contributed by atoms with van der Waals surface area (Å²) < 4.78 is 1.70. The molecule has 7 heteroatoms. The molecule has 1 fully saturated rings. The van der Waals surface area contributed by atoms with Gasteiger partial charge in [0.05, 0.1) is 17.4 Å². The molecule has 4 amide bonds. The topological polar surface area (TPSA) is 84.3 Å². The van der Waals surface area contributed by atoms with Crippen LogP contribution in [0.2, 0.25) is 0 Å². The summed E-state index contributed by atoms with van der Waals surface area (Å²) in [6.07, 6.45) is 3.27. The minimum Gasteiger partial charge on any atom is -0.273 e. The zero-order valence-electron chi connectivity index (χ0n) is 19.0. The van der Waals surface area contributed by atoms with E-state index in [4.69, 9.17) is 5.10 Å². The highest BCUT2D eigenvalue weighted by Crippen LogP contribution is 2.29. The number of rotatable bonds is 5. The molecular weight excluding hydrogens is 440 g/mol. The van der Waals surface area contributed by atoms with Crippen molar-refractivity contribution in [2.45, 2.75) is 13.0 Å². The van der Waals surface area contributed by atoms with Gasteiger partial charge in [0.25, 0.3) is 11.8 Å². The molecule has 0 bridgehead atoms. The first-order valence-electron chi connectivity index (χ1n) is 11.2. The van der Waals surface area contributed by atoms with E-state index in [-0.39, 0.29) is 5.57 Å². The molecule has 0 spiro atoms. The first-order chi connectivity index (χ1) is 17.0. The van der Waals surface area contributed by atoms with Crippen LogP contribution in [0.5, 0.6) is 0 Å². The third-order valence-corrected chi connectivity index (χ3v) is 5.91. The number of hydrogen-bond donors (Lipinski definition) is 1. The van der Waals surface area contributed by atoms with Crippen LogP contribution in [-0.2, 0) is 9.59 Å². The van der Waals surface area contributed by atoms with Gasteiger partial charge in [0.2, 0.25) is 0 Å². The second-order valence-corrected chi connectivity index (χ2v) is 8.16. The molecule has 5 rings (SSSR count). The molecule has 0 unspecified atom stereocenters. The van der Waals surface area contributed by atoms with Gasteiger partial charge in [0.15, 0.2) is 0 Å². The largest absolute Gasteiger partial charge is 0.331 e. The summed E-state index contributed by atoms with van der Waals surface area (Å²) in [5.41, 5.74) is 3.53. The third kappa shape index (κ3) is 4.27. The fraction of sp³-hybridized carbons (Fsp3) is 0.0714. The van der Waals surface area contributed by atoms with Gasteiger partial charge >= 0.3 is 6.03 Å². The summed E-state index contributed by atoms with van der Waals surface area (Å²) in [4.78, 5) is 39.9. The predicted octanol–water partition coefficient (Wildman–Crippen LogP) is 4.76. The number of hydrogen-bond acceptors (Lipinski definition) is 4. The molecule has 0 aliphatic carbocycles. The Balaban J connectivity index is 1.59. The number of amides is 4. The van der Waals surface area contributed by atoms with E-state index in [1.165, 1.54) is 6.08 Å². The lowest BCUT2D eigenvalue weighted by molar-refractivity contribution is -0.131. The van der Waals surface area contributed by atoms with E-state index in [1.54, 1.807) is 17.8 Å². The Morgan fingerprint density at radius 2 is 1.43 bits per heavy atom. The summed E-state index contributed by atoms with van der Waals surface area (Å²) in [5.74, 6) is -1.38. The standard InChI is InChI=1S/C28H22N4O3/c1-19(20-11-5-2-6-12-20)32-27(34)24(26(33)29-28(32)35)17-22-18-31(23-15-9-4-10-16-23)30-25(22)21-13-7-3-8-14-21/h2-19H,1H3,(H,29,33,35)/b24-17-/t19-/m1/s1. The average Bonchev–Trinajstić information content (AvgIpc) is 3.32. The van der Waals surface area contributed by atoms with Crippen LogP contribution in [0.4, 0.5) is 4.79 Å². The normalized spacial score (nSPS) is 15.9. The molecular formula is C28H22N4O3. The van der Waals surface area contributed by atoms with Gasteiger partial charge in [-0.05, 0) is 30.7 Å². The van der Waals surface area contributed by atoms with Crippen molar-refractivity contribution in [3.8, 4) is 16.9 Å². The number of aromatic nitrogens is 2. The zero-order valence-corrected chi connectivity index (χ0v) is 19.0. The minimum atomic E-state index is -0.739. The summed E-state index contributed by atoms with van der Waals surface area (Å²) >= 11 is 0. The van der Waals surface area contributed by atoms with Gasteiger partial charge in [-0.3, -0.25) is 19.8 Å². The molecule has 7 nitrogen and oxygen atoms in total. The number of carbonyl (C=O) groups is 3. The van der Waals surface area contributed by atoms with Crippen molar-refractivity contribution in [2.24, 2.45) is 0 Å². The van der Waals surface area contributed by atoms with E-state index >= 15 is 0 Å². The van der Waals surface area contributed by atoms with Gasteiger partial charge in [-0.1, -0.05) is 78.9 Å². The lowest BCUT2D eigenvalue weighted by atomic mass is 10.0. The number of barbiturate groups is 1. The van der Waals surface area contributed by atoms with Gasteiger partial charge in [-0.2, -0.15) is 5.10 Å². The monoisotopic (exact) mass is 462 g/mol. The van der Waals surface area contributed by atoms with E-state index in [9.17, 15) is 14.4 Å². The predicted molar refractivity (Wildman–Crippen MR) is 132 cm³/mol. The van der Waals surface area contributed by atoms with E-state index in [0.29, 0.717) is 11.3 Å². The maximum absolute atomic E-state index is 13.4. The van der Waals surface area contributed by atoms with Crippen molar-refractivity contribution in [3.05, 3.63) is 114 Å². The average molecular weight is 463 g/mol. The maximum Gasteiger partial charge on any atom is 0.331 e. The SMILES string of the molecule is C[C@H](c1ccccc1)N1C(=O)NC(=O)/C(=C/c2cn(-c3ccccc3)nc2-c2ccccc2)C1=O. The number of imide groups is 2. The summed E-state index contributed by atoms with van der Waals surface area (Å²) in [6.45, 7) is 1.75. The van der Waals surface area contributed by atoms with Crippen molar-refractivity contribution >= 4 is 23.9 Å². The maximum atomic E-state index is 13.4. The van der Waals surface area contributed by atoms with Gasteiger partial charge in [-0.25, -0.2) is 9.48 Å². The lowest BCUT2D eigenvalue weighted by Crippen LogP contribution is -2.54. The molecule has 1 aliphatic rings. The van der Waals surface area contributed by atoms with E-state index in [1.807, 2.05) is 91.0 Å². The van der Waals surface area contributed by atoms with Crippen LogP contribution < -0.4 is 5.32 Å². The Bertz CT molecular complexity index is 1430. The molecule has 1 aliphatic heterocycles. The Kier molecular flexibility index (Phi) is 5.81. The summed E-state index contributed by atoms with van der Waals surface area (Å²) in [5, 5.41) is 7.04. The van der Waals surface area contributed by atoms with Crippen molar-refractivity contribution in [3.63, 3.8) is 0 Å². The second-order valence-electron chi connectivity index (χ2n) is 8.16. The fourth-order valence-corrected chi connectivity index (χ4v) is 4.09. The first kappa shape index (κ1) is 22.0. The van der Waals surface area contributed by atoms with Crippen molar-refractivity contribution < 1.29 is 14.4 Å². The number of para-hydroxylation sites is 1. The number of urea groups is 1. The first-order valence-corrected chi connectivity index (χ1v) is 11.2. The number of nitrogens with zero attached hydrogens (tertiary/aromatic N) is 3. The molecule has 1 atom stereocenters. The van der Waals surface area contributed by atoms with Gasteiger partial charge in [-0.15, -0.1) is 0 Å². The number of carbonyl (C=O) groups excluding carboxylic acids is 3. The van der Waals surface area contributed by atoms with E-state index in [0.717, 1.165) is 21.7 Å². The molecule has 172 valence electrons. The highest BCUT2D eigenvalue weighted by atomic mass is 16.2. The molecule has 1 aromatic heterocycles. The van der Waals surface area contributed by atoms with Crippen molar-refractivity contribution in [1.82, 2.24) is 20.0 Å². The quantitative estimate of drug-likeness (QED) is 0.342. The van der Waals surface area contributed by atoms with Gasteiger partial charge in [0, 0.05) is 17.3 Å². The minimum absolute atomic E-state index is 0.128. The van der Waals surface area contributed by atoms with Crippen LogP contribution in [0.1, 0.15) is 24.1 Å². The van der Waals surface area contributed by atoms with E-state index < -0.39 is 23.9 Å². The molecule has 4 aromatic rings. The summed E-state index contributed by atoms with van der Waals surface area (Å²) in [7, 11) is 0. The number of benzene rings is 3.